The molecule has 0 aromatic heterocycles. The van der Waals surface area contributed by atoms with Crippen molar-refractivity contribution >= 4 is 5.91 Å². The summed E-state index contributed by atoms with van der Waals surface area (Å²) >= 11 is 0. The fraction of sp³-hybridized carbons (Fsp3) is 0.588. The molecule has 0 bridgehead atoms. The molecule has 1 heterocycles. The molecular formula is C17H27N3O2. The third-order valence-corrected chi connectivity index (χ3v) is 4.23. The van der Waals surface area contributed by atoms with Gasteiger partial charge in [0.15, 0.2) is 0 Å². The summed E-state index contributed by atoms with van der Waals surface area (Å²) in [7, 11) is 1.69. The standard InChI is InChI=1S/C17H27N3O2/c1-22-16-4-2-15(3-5-16)13-20-10-7-14(8-11-20)12-19-17(21)6-9-18/h2-5,14H,6-13,18H2,1H3,(H,19,21). The van der Waals surface area contributed by atoms with Crippen LogP contribution < -0.4 is 15.8 Å². The SMILES string of the molecule is COc1ccc(CN2CCC(CNC(=O)CCN)CC2)cc1. The van der Waals surface area contributed by atoms with Crippen LogP contribution in [0.1, 0.15) is 24.8 Å². The number of hydrogen-bond donors (Lipinski definition) is 2. The van der Waals surface area contributed by atoms with E-state index in [-0.39, 0.29) is 5.91 Å². The summed E-state index contributed by atoms with van der Waals surface area (Å²) in [5.74, 6) is 1.56. The normalized spacial score (nSPS) is 16.5. The summed E-state index contributed by atoms with van der Waals surface area (Å²) in [5, 5.41) is 2.98. The van der Waals surface area contributed by atoms with Crippen molar-refractivity contribution in [2.75, 3.05) is 33.3 Å². The van der Waals surface area contributed by atoms with E-state index in [1.165, 1.54) is 5.56 Å². The number of amides is 1. The zero-order valence-corrected chi connectivity index (χ0v) is 13.4. The third-order valence-electron chi connectivity index (χ3n) is 4.23. The fourth-order valence-corrected chi connectivity index (χ4v) is 2.82. The number of carbonyl (C=O) groups is 1. The highest BCUT2D eigenvalue weighted by atomic mass is 16.5. The maximum atomic E-state index is 11.4. The van der Waals surface area contributed by atoms with E-state index >= 15 is 0 Å². The van der Waals surface area contributed by atoms with Crippen LogP contribution in [0, 0.1) is 5.92 Å². The van der Waals surface area contributed by atoms with Gasteiger partial charge in [-0.3, -0.25) is 9.69 Å². The van der Waals surface area contributed by atoms with E-state index in [2.05, 4.69) is 22.3 Å². The summed E-state index contributed by atoms with van der Waals surface area (Å²) in [6, 6.07) is 8.26. The number of benzene rings is 1. The van der Waals surface area contributed by atoms with Gasteiger partial charge < -0.3 is 15.8 Å². The van der Waals surface area contributed by atoms with Crippen molar-refractivity contribution in [1.29, 1.82) is 0 Å². The van der Waals surface area contributed by atoms with Crippen LogP contribution in [0.15, 0.2) is 24.3 Å². The van der Waals surface area contributed by atoms with Crippen LogP contribution in [0.2, 0.25) is 0 Å². The van der Waals surface area contributed by atoms with E-state index in [0.29, 0.717) is 18.9 Å². The maximum Gasteiger partial charge on any atom is 0.221 e. The number of hydrogen-bond acceptors (Lipinski definition) is 4. The zero-order chi connectivity index (χ0) is 15.8. The van der Waals surface area contributed by atoms with Gasteiger partial charge in [-0.25, -0.2) is 0 Å². The Morgan fingerprint density at radius 2 is 2.00 bits per heavy atom. The lowest BCUT2D eigenvalue weighted by Gasteiger charge is -2.32. The average Bonchev–Trinajstić information content (AvgIpc) is 2.55. The quantitative estimate of drug-likeness (QED) is 0.798. The second-order valence-corrected chi connectivity index (χ2v) is 5.91. The number of piperidine rings is 1. The lowest BCUT2D eigenvalue weighted by Crippen LogP contribution is -2.38. The predicted molar refractivity (Wildman–Crippen MR) is 87.7 cm³/mol. The Bertz CT molecular complexity index is 453. The number of nitrogens with two attached hydrogens (primary N) is 1. The smallest absolute Gasteiger partial charge is 0.221 e. The molecule has 1 amide bonds. The first kappa shape index (κ1) is 16.8. The molecule has 5 heteroatoms. The molecule has 122 valence electrons. The highest BCUT2D eigenvalue weighted by Gasteiger charge is 2.19. The van der Waals surface area contributed by atoms with Gasteiger partial charge in [0.2, 0.25) is 5.91 Å². The third kappa shape index (κ3) is 5.31. The molecule has 22 heavy (non-hydrogen) atoms. The molecule has 0 spiro atoms. The minimum atomic E-state index is 0.0724. The van der Waals surface area contributed by atoms with Gasteiger partial charge in [-0.15, -0.1) is 0 Å². The zero-order valence-electron chi connectivity index (χ0n) is 13.4. The molecule has 2 rings (SSSR count). The van der Waals surface area contributed by atoms with Gasteiger partial charge in [-0.05, 0) is 49.5 Å². The van der Waals surface area contributed by atoms with Crippen molar-refractivity contribution < 1.29 is 9.53 Å². The lowest BCUT2D eigenvalue weighted by molar-refractivity contribution is -0.121. The van der Waals surface area contributed by atoms with E-state index in [9.17, 15) is 4.79 Å². The fourth-order valence-electron chi connectivity index (χ4n) is 2.82. The van der Waals surface area contributed by atoms with Gasteiger partial charge in [0.05, 0.1) is 7.11 Å². The van der Waals surface area contributed by atoms with Crippen molar-refractivity contribution in [3.63, 3.8) is 0 Å². The second-order valence-electron chi connectivity index (χ2n) is 5.91. The first-order valence-electron chi connectivity index (χ1n) is 8.03. The Kier molecular flexibility index (Phi) is 6.68. The minimum Gasteiger partial charge on any atom is -0.497 e. The topological polar surface area (TPSA) is 67.6 Å². The Hall–Kier alpha value is -1.59. The summed E-state index contributed by atoms with van der Waals surface area (Å²) in [6.07, 6.45) is 2.70. The predicted octanol–water partition coefficient (Wildman–Crippen LogP) is 1.37. The summed E-state index contributed by atoms with van der Waals surface area (Å²) in [4.78, 5) is 13.9. The number of rotatable bonds is 7. The molecule has 1 saturated heterocycles. The van der Waals surface area contributed by atoms with Crippen LogP contribution in [0.4, 0.5) is 0 Å². The molecule has 0 saturated carbocycles. The van der Waals surface area contributed by atoms with Gasteiger partial charge in [-0.2, -0.15) is 0 Å². The number of nitrogens with one attached hydrogen (secondary N) is 1. The summed E-state index contributed by atoms with van der Waals surface area (Å²) < 4.78 is 5.18. The van der Waals surface area contributed by atoms with Crippen molar-refractivity contribution in [1.82, 2.24) is 10.2 Å². The molecule has 1 fully saturated rings. The molecule has 0 atom stereocenters. The van der Waals surface area contributed by atoms with Crippen molar-refractivity contribution in [3.8, 4) is 5.75 Å². The molecule has 0 aliphatic carbocycles. The monoisotopic (exact) mass is 305 g/mol. The van der Waals surface area contributed by atoms with Gasteiger partial charge in [0.1, 0.15) is 5.75 Å². The molecule has 0 radical (unpaired) electrons. The van der Waals surface area contributed by atoms with E-state index in [4.69, 9.17) is 10.5 Å². The van der Waals surface area contributed by atoms with Gasteiger partial charge in [0, 0.05) is 26.1 Å². The van der Waals surface area contributed by atoms with Crippen LogP contribution in [-0.4, -0.2) is 44.1 Å². The Morgan fingerprint density at radius 1 is 1.32 bits per heavy atom. The van der Waals surface area contributed by atoms with E-state index < -0.39 is 0 Å². The molecule has 0 unspecified atom stereocenters. The van der Waals surface area contributed by atoms with E-state index in [1.54, 1.807) is 7.11 Å². The number of nitrogens with zero attached hydrogens (tertiary/aromatic N) is 1. The molecule has 1 aliphatic heterocycles. The van der Waals surface area contributed by atoms with Gasteiger partial charge in [-0.1, -0.05) is 12.1 Å². The lowest BCUT2D eigenvalue weighted by atomic mass is 9.96. The highest BCUT2D eigenvalue weighted by Crippen LogP contribution is 2.19. The van der Waals surface area contributed by atoms with Crippen molar-refractivity contribution in [2.24, 2.45) is 11.7 Å². The second kappa shape index (κ2) is 8.76. The number of likely N-dealkylation sites (tertiary alicyclic amines) is 1. The van der Waals surface area contributed by atoms with Crippen molar-refractivity contribution in [2.45, 2.75) is 25.8 Å². The van der Waals surface area contributed by atoms with Gasteiger partial charge >= 0.3 is 0 Å². The first-order valence-corrected chi connectivity index (χ1v) is 8.03. The number of carbonyl (C=O) groups excluding carboxylic acids is 1. The molecule has 1 aliphatic rings. The van der Waals surface area contributed by atoms with Crippen LogP contribution in [-0.2, 0) is 11.3 Å². The van der Waals surface area contributed by atoms with Crippen LogP contribution >= 0.6 is 0 Å². The first-order chi connectivity index (χ1) is 10.7. The number of methoxy groups -OCH3 is 1. The molecule has 5 nitrogen and oxygen atoms in total. The summed E-state index contributed by atoms with van der Waals surface area (Å²) in [5.41, 5.74) is 6.69. The van der Waals surface area contributed by atoms with Crippen LogP contribution in [0.25, 0.3) is 0 Å². The molecular weight excluding hydrogens is 278 g/mol. The van der Waals surface area contributed by atoms with Gasteiger partial charge in [0.25, 0.3) is 0 Å². The minimum absolute atomic E-state index is 0.0724. The Labute approximate surface area is 132 Å². The highest BCUT2D eigenvalue weighted by molar-refractivity contribution is 5.75. The van der Waals surface area contributed by atoms with Crippen LogP contribution in [0.5, 0.6) is 5.75 Å². The summed E-state index contributed by atoms with van der Waals surface area (Å²) in [6.45, 7) is 4.37. The van der Waals surface area contributed by atoms with Crippen molar-refractivity contribution in [3.05, 3.63) is 29.8 Å². The Balaban J connectivity index is 1.69. The molecule has 1 aromatic rings. The van der Waals surface area contributed by atoms with E-state index in [1.807, 2.05) is 12.1 Å². The maximum absolute atomic E-state index is 11.4. The van der Waals surface area contributed by atoms with Crippen LogP contribution in [0.3, 0.4) is 0 Å². The Morgan fingerprint density at radius 3 is 2.59 bits per heavy atom. The number of ether oxygens (including phenoxy) is 1. The largest absolute Gasteiger partial charge is 0.497 e. The van der Waals surface area contributed by atoms with E-state index in [0.717, 1.165) is 44.8 Å². The molecule has 3 N–H and O–H groups in total. The molecule has 1 aromatic carbocycles. The average molecular weight is 305 g/mol.